The first-order chi connectivity index (χ1) is 18.8. The van der Waals surface area contributed by atoms with E-state index in [0.29, 0.717) is 56.1 Å². The van der Waals surface area contributed by atoms with Gasteiger partial charge in [-0.05, 0) is 43.9 Å². The van der Waals surface area contributed by atoms with E-state index in [2.05, 4.69) is 35.5 Å². The molecule has 1 amide bonds. The maximum absolute atomic E-state index is 14.0. The number of amides is 1. The van der Waals surface area contributed by atoms with E-state index < -0.39 is 5.82 Å². The number of aromatic nitrogens is 7. The van der Waals surface area contributed by atoms with Crippen LogP contribution >= 0.6 is 0 Å². The van der Waals surface area contributed by atoms with Gasteiger partial charge < -0.3 is 20.3 Å². The molecule has 0 atom stereocenters. The van der Waals surface area contributed by atoms with Crippen molar-refractivity contribution in [1.29, 1.82) is 0 Å². The highest BCUT2D eigenvalue weighted by Gasteiger charge is 2.17. The second-order valence-electron chi connectivity index (χ2n) is 9.30. The van der Waals surface area contributed by atoms with Gasteiger partial charge in [-0.3, -0.25) is 24.8 Å². The number of hydrogen-bond donors (Lipinski definition) is 4. The van der Waals surface area contributed by atoms with E-state index in [9.17, 15) is 14.3 Å². The summed E-state index contributed by atoms with van der Waals surface area (Å²) in [7, 11) is 3.64. The Bertz CT molecular complexity index is 1840. The number of aromatic amines is 2. The Labute approximate surface area is 220 Å². The van der Waals surface area contributed by atoms with Crippen LogP contribution in [0.1, 0.15) is 0 Å². The average Bonchev–Trinajstić information content (AvgIpc) is 3.51. The van der Waals surface area contributed by atoms with Gasteiger partial charge in [-0.1, -0.05) is 0 Å². The van der Waals surface area contributed by atoms with Crippen LogP contribution in [0, 0.1) is 5.82 Å². The molecule has 0 radical (unpaired) electrons. The summed E-state index contributed by atoms with van der Waals surface area (Å²) in [5.74, 6) is -0.420. The van der Waals surface area contributed by atoms with Gasteiger partial charge in [-0.25, -0.2) is 9.37 Å². The molecule has 0 aliphatic heterocycles. The summed E-state index contributed by atoms with van der Waals surface area (Å²) in [5.41, 5.74) is 5.37. The SMILES string of the molecule is CN(C)CC(=O)Nc1cncc(-c2cc3c(-c4nc5c(-c6cc(O)cc(F)c6)cncc5[nH]4)n[nH]c3cn2)c1. The summed E-state index contributed by atoms with van der Waals surface area (Å²) in [6.45, 7) is 0.252. The van der Waals surface area contributed by atoms with Crippen molar-refractivity contribution < 1.29 is 14.3 Å². The second kappa shape index (κ2) is 9.58. The molecule has 0 fully saturated rings. The maximum Gasteiger partial charge on any atom is 0.238 e. The van der Waals surface area contributed by atoms with Crippen LogP contribution in [-0.2, 0) is 4.79 Å². The number of carbonyl (C=O) groups is 1. The number of phenolic OH excluding ortho intramolecular Hbond substituents is 1. The van der Waals surface area contributed by atoms with Gasteiger partial charge >= 0.3 is 0 Å². The molecule has 12 heteroatoms. The lowest BCUT2D eigenvalue weighted by molar-refractivity contribution is -0.116. The molecule has 4 N–H and O–H groups in total. The molecule has 0 aliphatic carbocycles. The molecule has 0 bridgehead atoms. The van der Waals surface area contributed by atoms with Gasteiger partial charge in [-0.15, -0.1) is 0 Å². The number of phenols is 1. The van der Waals surface area contributed by atoms with E-state index in [0.717, 1.165) is 11.5 Å². The number of anilines is 1. The number of nitrogens with zero attached hydrogens (tertiary/aromatic N) is 6. The zero-order valence-corrected chi connectivity index (χ0v) is 20.9. The van der Waals surface area contributed by atoms with Gasteiger partial charge in [0.2, 0.25) is 5.91 Å². The molecule has 0 spiro atoms. The summed E-state index contributed by atoms with van der Waals surface area (Å²) in [5, 5.41) is 20.9. The van der Waals surface area contributed by atoms with Crippen LogP contribution in [0.2, 0.25) is 0 Å². The van der Waals surface area contributed by atoms with Crippen molar-refractivity contribution in [1.82, 2.24) is 40.0 Å². The lowest BCUT2D eigenvalue weighted by Gasteiger charge is -2.10. The molecule has 5 aromatic heterocycles. The summed E-state index contributed by atoms with van der Waals surface area (Å²) < 4.78 is 14.0. The number of nitrogens with one attached hydrogen (secondary N) is 3. The van der Waals surface area contributed by atoms with Gasteiger partial charge in [0.05, 0.1) is 53.1 Å². The fourth-order valence-electron chi connectivity index (χ4n) is 4.38. The molecule has 0 unspecified atom stereocenters. The number of H-pyrrole nitrogens is 2. The van der Waals surface area contributed by atoms with E-state index in [1.807, 2.05) is 26.2 Å². The number of hydrogen-bond acceptors (Lipinski definition) is 8. The van der Waals surface area contributed by atoms with Crippen molar-refractivity contribution in [2.45, 2.75) is 0 Å². The Morgan fingerprint density at radius 3 is 2.67 bits per heavy atom. The predicted octanol–water partition coefficient (Wildman–Crippen LogP) is 3.97. The molecule has 0 saturated carbocycles. The minimum absolute atomic E-state index is 0.147. The molecule has 6 aromatic rings. The van der Waals surface area contributed by atoms with Crippen molar-refractivity contribution in [2.75, 3.05) is 26.0 Å². The van der Waals surface area contributed by atoms with Crippen LogP contribution < -0.4 is 5.32 Å². The molecule has 6 rings (SSSR count). The van der Waals surface area contributed by atoms with Crippen LogP contribution in [0.25, 0.3) is 55.8 Å². The molecule has 39 heavy (non-hydrogen) atoms. The predicted molar refractivity (Wildman–Crippen MR) is 144 cm³/mol. The first-order valence-corrected chi connectivity index (χ1v) is 11.9. The van der Waals surface area contributed by atoms with E-state index >= 15 is 0 Å². The van der Waals surface area contributed by atoms with Crippen molar-refractivity contribution in [2.24, 2.45) is 0 Å². The molecule has 0 saturated heterocycles. The minimum Gasteiger partial charge on any atom is -0.508 e. The highest BCUT2D eigenvalue weighted by molar-refractivity contribution is 5.98. The maximum atomic E-state index is 14.0. The number of halogens is 1. The Kier molecular flexibility index (Phi) is 5.92. The van der Waals surface area contributed by atoms with E-state index in [1.165, 1.54) is 12.1 Å². The number of benzene rings is 1. The number of rotatable bonds is 6. The number of aromatic hydroxyl groups is 1. The molecule has 1 aromatic carbocycles. The summed E-state index contributed by atoms with van der Waals surface area (Å²) in [4.78, 5) is 35.0. The smallest absolute Gasteiger partial charge is 0.238 e. The summed E-state index contributed by atoms with van der Waals surface area (Å²) in [6.07, 6.45) is 8.12. The fraction of sp³-hybridized carbons (Fsp3) is 0.111. The van der Waals surface area contributed by atoms with Crippen molar-refractivity contribution >= 4 is 33.5 Å². The minimum atomic E-state index is -0.563. The molecular weight excluding hydrogens is 501 g/mol. The number of likely N-dealkylation sites (N-methyl/N-ethyl adjacent to an activating group) is 1. The normalized spacial score (nSPS) is 11.5. The Morgan fingerprint density at radius 1 is 1.00 bits per heavy atom. The second-order valence-corrected chi connectivity index (χ2v) is 9.30. The number of fused-ring (bicyclic) bond motifs is 2. The molecule has 11 nitrogen and oxygen atoms in total. The quantitative estimate of drug-likeness (QED) is 0.256. The average molecular weight is 524 g/mol. The summed E-state index contributed by atoms with van der Waals surface area (Å²) in [6, 6.07) is 7.49. The highest BCUT2D eigenvalue weighted by atomic mass is 19.1. The Hall–Kier alpha value is -5.23. The van der Waals surface area contributed by atoms with Crippen LogP contribution in [-0.4, -0.2) is 71.7 Å². The van der Waals surface area contributed by atoms with Gasteiger partial charge in [-0.2, -0.15) is 5.10 Å². The number of imidazole rings is 1. The Morgan fingerprint density at radius 2 is 1.85 bits per heavy atom. The third kappa shape index (κ3) is 4.76. The van der Waals surface area contributed by atoms with Crippen molar-refractivity contribution in [3.8, 4) is 39.7 Å². The van der Waals surface area contributed by atoms with Crippen LogP contribution in [0.3, 0.4) is 0 Å². The van der Waals surface area contributed by atoms with Gasteiger partial charge in [0.1, 0.15) is 17.3 Å². The first kappa shape index (κ1) is 24.1. The van der Waals surface area contributed by atoms with E-state index in [4.69, 9.17) is 4.98 Å². The van der Waals surface area contributed by atoms with Crippen LogP contribution in [0.4, 0.5) is 10.1 Å². The lowest BCUT2D eigenvalue weighted by atomic mass is 10.1. The molecule has 194 valence electrons. The number of carbonyl (C=O) groups excluding carboxylic acids is 1. The van der Waals surface area contributed by atoms with Gasteiger partial charge in [0.15, 0.2) is 5.82 Å². The third-order valence-corrected chi connectivity index (χ3v) is 6.04. The molecule has 5 heterocycles. The monoisotopic (exact) mass is 523 g/mol. The first-order valence-electron chi connectivity index (χ1n) is 11.9. The summed E-state index contributed by atoms with van der Waals surface area (Å²) >= 11 is 0. The molecule has 0 aliphatic rings. The number of pyridine rings is 3. The van der Waals surface area contributed by atoms with Gasteiger partial charge in [0, 0.05) is 35.0 Å². The zero-order chi connectivity index (χ0) is 27.1. The Balaban J connectivity index is 1.39. The van der Waals surface area contributed by atoms with Crippen molar-refractivity contribution in [3.05, 3.63) is 67.1 Å². The van der Waals surface area contributed by atoms with Gasteiger partial charge in [0.25, 0.3) is 0 Å². The van der Waals surface area contributed by atoms with E-state index in [-0.39, 0.29) is 18.2 Å². The zero-order valence-electron chi connectivity index (χ0n) is 20.9. The van der Waals surface area contributed by atoms with Crippen LogP contribution in [0.5, 0.6) is 5.75 Å². The largest absolute Gasteiger partial charge is 0.508 e. The van der Waals surface area contributed by atoms with Crippen LogP contribution in [0.15, 0.2) is 61.3 Å². The standard InChI is InChI=1S/C27H22FN9O2/c1-37(2)13-24(39)32-17-4-15(8-29-9-17)21-7-19-22(12-31-21)35-36-26(19)27-33-23-11-30-10-20(25(23)34-27)14-3-16(28)6-18(38)5-14/h3-12,38H,13H2,1-2H3,(H,32,39)(H,33,34)(H,35,36). The lowest BCUT2D eigenvalue weighted by Crippen LogP contribution is -2.27. The van der Waals surface area contributed by atoms with Crippen molar-refractivity contribution in [3.63, 3.8) is 0 Å². The van der Waals surface area contributed by atoms with E-state index in [1.54, 1.807) is 35.9 Å². The fourth-order valence-corrected chi connectivity index (χ4v) is 4.38. The highest BCUT2D eigenvalue weighted by Crippen LogP contribution is 2.33. The third-order valence-electron chi connectivity index (χ3n) is 6.04. The topological polar surface area (TPSA) is 149 Å². The molecular formula is C27H22FN9O2.